The molecule has 0 saturated carbocycles. The van der Waals surface area contributed by atoms with Gasteiger partial charge in [-0.05, 0) is 18.9 Å². The predicted octanol–water partition coefficient (Wildman–Crippen LogP) is 2.47. The van der Waals surface area contributed by atoms with Gasteiger partial charge in [-0.3, -0.25) is 9.89 Å². The van der Waals surface area contributed by atoms with Gasteiger partial charge in [0, 0.05) is 42.7 Å². The van der Waals surface area contributed by atoms with Crippen LogP contribution in [-0.4, -0.2) is 44.1 Å². The molecule has 1 atom stereocenters. The van der Waals surface area contributed by atoms with Crippen LogP contribution in [0.1, 0.15) is 34.8 Å². The molecule has 1 aliphatic rings. The number of benzene rings is 1. The van der Waals surface area contributed by atoms with E-state index in [9.17, 15) is 4.79 Å². The number of amides is 1. The lowest BCUT2D eigenvalue weighted by Crippen LogP contribution is -2.39. The molecule has 0 bridgehead atoms. The highest BCUT2D eigenvalue weighted by Gasteiger charge is 2.28. The standard InChI is InChI=1S/C19H20N6O/c20-19-21-11-15(17(23-19)13-5-2-1-3-6-13)18(26)25-10-4-7-14(12-25)16-8-9-22-24-16/h1-3,5-6,8-9,11,14H,4,7,10,12H2,(H,22,24)(H2,20,21,23)/t14-/m0/s1. The lowest BCUT2D eigenvalue weighted by molar-refractivity contribution is 0.0706. The van der Waals surface area contributed by atoms with Gasteiger partial charge < -0.3 is 10.6 Å². The van der Waals surface area contributed by atoms with Crippen LogP contribution in [0.4, 0.5) is 5.95 Å². The van der Waals surface area contributed by atoms with E-state index in [1.165, 1.54) is 6.20 Å². The molecule has 1 aliphatic heterocycles. The number of nitrogens with one attached hydrogen (secondary N) is 1. The predicted molar refractivity (Wildman–Crippen MR) is 98.3 cm³/mol. The molecule has 3 heterocycles. The highest BCUT2D eigenvalue weighted by Crippen LogP contribution is 2.28. The number of nitrogens with zero attached hydrogens (tertiary/aromatic N) is 4. The summed E-state index contributed by atoms with van der Waals surface area (Å²) in [5, 5.41) is 7.05. The normalized spacial score (nSPS) is 17.2. The molecule has 0 spiro atoms. The first-order chi connectivity index (χ1) is 12.7. The van der Waals surface area contributed by atoms with Gasteiger partial charge in [-0.15, -0.1) is 0 Å². The molecule has 26 heavy (non-hydrogen) atoms. The molecule has 0 radical (unpaired) electrons. The lowest BCUT2D eigenvalue weighted by Gasteiger charge is -2.32. The first-order valence-corrected chi connectivity index (χ1v) is 8.69. The summed E-state index contributed by atoms with van der Waals surface area (Å²) < 4.78 is 0. The van der Waals surface area contributed by atoms with Gasteiger partial charge in [0.2, 0.25) is 5.95 Å². The van der Waals surface area contributed by atoms with Crippen LogP contribution in [0.25, 0.3) is 11.3 Å². The summed E-state index contributed by atoms with van der Waals surface area (Å²) in [6.07, 6.45) is 5.27. The highest BCUT2D eigenvalue weighted by molar-refractivity contribution is 5.99. The van der Waals surface area contributed by atoms with Crippen molar-refractivity contribution in [3.8, 4) is 11.3 Å². The molecule has 1 aromatic carbocycles. The van der Waals surface area contributed by atoms with Crippen molar-refractivity contribution in [2.75, 3.05) is 18.8 Å². The Morgan fingerprint density at radius 3 is 2.85 bits per heavy atom. The van der Waals surface area contributed by atoms with Crippen molar-refractivity contribution in [1.82, 2.24) is 25.1 Å². The van der Waals surface area contributed by atoms with E-state index in [2.05, 4.69) is 20.2 Å². The summed E-state index contributed by atoms with van der Waals surface area (Å²) >= 11 is 0. The van der Waals surface area contributed by atoms with Crippen molar-refractivity contribution in [2.24, 2.45) is 0 Å². The van der Waals surface area contributed by atoms with Gasteiger partial charge >= 0.3 is 0 Å². The van der Waals surface area contributed by atoms with Crippen LogP contribution < -0.4 is 5.73 Å². The number of nitrogen functional groups attached to an aromatic ring is 1. The van der Waals surface area contributed by atoms with Gasteiger partial charge in [-0.1, -0.05) is 30.3 Å². The van der Waals surface area contributed by atoms with E-state index < -0.39 is 0 Å². The van der Waals surface area contributed by atoms with Crippen LogP contribution in [0, 0.1) is 0 Å². The SMILES string of the molecule is Nc1ncc(C(=O)N2CCC[C@H](c3ccn[nH]3)C2)c(-c2ccccc2)n1. The third kappa shape index (κ3) is 3.15. The van der Waals surface area contributed by atoms with Crippen LogP contribution in [0.3, 0.4) is 0 Å². The molecule has 7 heteroatoms. The number of carbonyl (C=O) groups is 1. The molecule has 7 nitrogen and oxygen atoms in total. The Labute approximate surface area is 151 Å². The summed E-state index contributed by atoms with van der Waals surface area (Å²) in [7, 11) is 0. The zero-order chi connectivity index (χ0) is 17.9. The maximum Gasteiger partial charge on any atom is 0.257 e. The number of nitrogens with two attached hydrogens (primary N) is 1. The minimum absolute atomic E-state index is 0.0620. The number of likely N-dealkylation sites (tertiary alicyclic amines) is 1. The zero-order valence-electron chi connectivity index (χ0n) is 14.3. The number of piperidine rings is 1. The van der Waals surface area contributed by atoms with Crippen LogP contribution in [0.15, 0.2) is 48.8 Å². The third-order valence-corrected chi connectivity index (χ3v) is 4.76. The van der Waals surface area contributed by atoms with E-state index in [-0.39, 0.29) is 17.8 Å². The first-order valence-electron chi connectivity index (χ1n) is 8.69. The molecule has 3 N–H and O–H groups in total. The van der Waals surface area contributed by atoms with Crippen molar-refractivity contribution >= 4 is 11.9 Å². The summed E-state index contributed by atoms with van der Waals surface area (Å²) in [5.41, 5.74) is 8.75. The number of rotatable bonds is 3. The van der Waals surface area contributed by atoms with E-state index >= 15 is 0 Å². The molecular weight excluding hydrogens is 328 g/mol. The number of aromatic amines is 1. The van der Waals surface area contributed by atoms with Gasteiger partial charge in [0.1, 0.15) is 0 Å². The number of anilines is 1. The Morgan fingerprint density at radius 2 is 2.08 bits per heavy atom. The monoisotopic (exact) mass is 348 g/mol. The fraction of sp³-hybridized carbons (Fsp3) is 0.263. The third-order valence-electron chi connectivity index (χ3n) is 4.76. The average molecular weight is 348 g/mol. The van der Waals surface area contributed by atoms with Gasteiger partial charge in [0.15, 0.2) is 0 Å². The summed E-state index contributed by atoms with van der Waals surface area (Å²) in [6, 6.07) is 11.6. The maximum atomic E-state index is 13.2. The molecule has 132 valence electrons. The fourth-order valence-electron chi connectivity index (χ4n) is 3.45. The van der Waals surface area contributed by atoms with Gasteiger partial charge in [-0.2, -0.15) is 5.10 Å². The molecular formula is C19H20N6O. The van der Waals surface area contributed by atoms with Crippen molar-refractivity contribution < 1.29 is 4.79 Å². The Bertz CT molecular complexity index is 894. The largest absolute Gasteiger partial charge is 0.368 e. The van der Waals surface area contributed by atoms with Crippen LogP contribution in [0.5, 0.6) is 0 Å². The number of H-pyrrole nitrogens is 1. The van der Waals surface area contributed by atoms with Crippen molar-refractivity contribution in [3.63, 3.8) is 0 Å². The molecule has 2 aromatic heterocycles. The number of hydrogen-bond acceptors (Lipinski definition) is 5. The van der Waals surface area contributed by atoms with Crippen molar-refractivity contribution in [3.05, 3.63) is 60.0 Å². The second-order valence-corrected chi connectivity index (χ2v) is 6.46. The Balaban J connectivity index is 1.64. The zero-order valence-corrected chi connectivity index (χ0v) is 14.3. The first kappa shape index (κ1) is 16.3. The van der Waals surface area contributed by atoms with Crippen molar-refractivity contribution in [1.29, 1.82) is 0 Å². The number of carbonyl (C=O) groups excluding carboxylic acids is 1. The quantitative estimate of drug-likeness (QED) is 0.757. The molecule has 0 unspecified atom stereocenters. The maximum absolute atomic E-state index is 13.2. The van der Waals surface area contributed by atoms with Gasteiger partial charge in [0.25, 0.3) is 5.91 Å². The van der Waals surface area contributed by atoms with Crippen LogP contribution in [0.2, 0.25) is 0 Å². The fourth-order valence-corrected chi connectivity index (χ4v) is 3.45. The average Bonchev–Trinajstić information content (AvgIpc) is 3.23. The molecule has 3 aromatic rings. The van der Waals surface area contributed by atoms with E-state index in [1.54, 1.807) is 6.20 Å². The smallest absolute Gasteiger partial charge is 0.257 e. The minimum Gasteiger partial charge on any atom is -0.368 e. The second kappa shape index (κ2) is 6.95. The van der Waals surface area contributed by atoms with Crippen LogP contribution in [-0.2, 0) is 0 Å². The topological polar surface area (TPSA) is 101 Å². The molecule has 1 saturated heterocycles. The van der Waals surface area contributed by atoms with E-state index in [0.29, 0.717) is 17.8 Å². The van der Waals surface area contributed by atoms with Crippen molar-refractivity contribution in [2.45, 2.75) is 18.8 Å². The Hall–Kier alpha value is -3.22. The lowest BCUT2D eigenvalue weighted by atomic mass is 9.94. The number of hydrogen-bond donors (Lipinski definition) is 2. The minimum atomic E-state index is -0.0620. The second-order valence-electron chi connectivity index (χ2n) is 6.46. The van der Waals surface area contributed by atoms with E-state index in [1.807, 2.05) is 41.3 Å². The molecule has 0 aliphatic carbocycles. The Kier molecular flexibility index (Phi) is 4.35. The van der Waals surface area contributed by atoms with Gasteiger partial charge in [-0.25, -0.2) is 9.97 Å². The summed E-state index contributed by atoms with van der Waals surface area (Å²) in [4.78, 5) is 23.5. The van der Waals surface area contributed by atoms with Gasteiger partial charge in [0.05, 0.1) is 11.3 Å². The van der Waals surface area contributed by atoms with E-state index in [4.69, 9.17) is 5.73 Å². The number of aromatic nitrogens is 4. The van der Waals surface area contributed by atoms with Crippen LogP contribution >= 0.6 is 0 Å². The van der Waals surface area contributed by atoms with E-state index in [0.717, 1.165) is 30.6 Å². The molecule has 1 fully saturated rings. The molecule has 4 rings (SSSR count). The summed E-state index contributed by atoms with van der Waals surface area (Å²) in [5.74, 6) is 0.368. The summed E-state index contributed by atoms with van der Waals surface area (Å²) in [6.45, 7) is 1.38. The Morgan fingerprint density at radius 1 is 1.23 bits per heavy atom. The highest BCUT2D eigenvalue weighted by atomic mass is 16.2. The molecule has 1 amide bonds.